The van der Waals surface area contributed by atoms with Crippen molar-refractivity contribution in [2.24, 2.45) is 0 Å². The van der Waals surface area contributed by atoms with Gasteiger partial charge in [-0.3, -0.25) is 13.9 Å². The summed E-state index contributed by atoms with van der Waals surface area (Å²) in [4.78, 5) is 28.5. The van der Waals surface area contributed by atoms with Crippen molar-refractivity contribution in [2.75, 3.05) is 38.7 Å². The highest BCUT2D eigenvalue weighted by Crippen LogP contribution is 2.32. The summed E-state index contributed by atoms with van der Waals surface area (Å²) >= 11 is 0. The highest BCUT2D eigenvalue weighted by atomic mass is 32.2. The van der Waals surface area contributed by atoms with Crippen molar-refractivity contribution >= 4 is 27.5 Å². The number of hydrogen-bond donors (Lipinski definition) is 1. The van der Waals surface area contributed by atoms with Gasteiger partial charge >= 0.3 is 0 Å². The van der Waals surface area contributed by atoms with Crippen LogP contribution in [-0.4, -0.2) is 65.6 Å². The Kier molecular flexibility index (Phi) is 11.8. The van der Waals surface area contributed by atoms with Gasteiger partial charge in [0.05, 0.1) is 31.9 Å². The lowest BCUT2D eigenvalue weighted by molar-refractivity contribution is -0.140. The van der Waals surface area contributed by atoms with Crippen molar-refractivity contribution in [2.45, 2.75) is 44.2 Å². The largest absolute Gasteiger partial charge is 0.497 e. The highest BCUT2D eigenvalue weighted by Gasteiger charge is 2.34. The minimum atomic E-state index is -4.40. The molecule has 0 aliphatic carbocycles. The van der Waals surface area contributed by atoms with Crippen LogP contribution in [0.3, 0.4) is 0 Å². The summed E-state index contributed by atoms with van der Waals surface area (Å²) in [5.41, 5.74) is 0.750. The number of nitrogens with one attached hydrogen (secondary N) is 1. The molecular formula is C31H38FN3O7S. The van der Waals surface area contributed by atoms with E-state index in [0.717, 1.165) is 16.4 Å². The van der Waals surface area contributed by atoms with Crippen molar-refractivity contribution in [1.29, 1.82) is 0 Å². The standard InChI is InChI=1S/C31H38FN3O7S/c1-6-17-33-31(37)27(7-2)34(20-22-9-8-10-25(18-22)40-3)30(36)21-35(24-13-11-23(32)12-14-24)43(38,39)26-15-16-28(41-4)29(19-26)42-5/h8-16,18-19,27H,6-7,17,20-21H2,1-5H3,(H,33,37). The molecule has 10 nitrogen and oxygen atoms in total. The fraction of sp³-hybridized carbons (Fsp3) is 0.355. The normalized spacial score (nSPS) is 11.8. The van der Waals surface area contributed by atoms with E-state index < -0.39 is 34.3 Å². The lowest BCUT2D eigenvalue weighted by atomic mass is 10.1. The predicted molar refractivity (Wildman–Crippen MR) is 161 cm³/mol. The van der Waals surface area contributed by atoms with Crippen LogP contribution in [0.5, 0.6) is 17.2 Å². The van der Waals surface area contributed by atoms with Crippen LogP contribution in [0.15, 0.2) is 71.6 Å². The number of benzene rings is 3. The summed E-state index contributed by atoms with van der Waals surface area (Å²) in [5, 5.41) is 2.84. The van der Waals surface area contributed by atoms with E-state index in [1.54, 1.807) is 31.2 Å². The number of halogens is 1. The smallest absolute Gasteiger partial charge is 0.264 e. The number of ether oxygens (including phenoxy) is 3. The van der Waals surface area contributed by atoms with Crippen LogP contribution in [0.2, 0.25) is 0 Å². The summed E-state index contributed by atoms with van der Waals surface area (Å²) in [5.74, 6) is -0.494. The molecule has 1 unspecified atom stereocenters. The van der Waals surface area contributed by atoms with E-state index in [1.807, 2.05) is 6.92 Å². The molecule has 0 radical (unpaired) electrons. The van der Waals surface area contributed by atoms with Crippen LogP contribution in [0, 0.1) is 5.82 Å². The molecule has 43 heavy (non-hydrogen) atoms. The third-order valence-corrected chi connectivity index (χ3v) is 8.53. The first-order valence-electron chi connectivity index (χ1n) is 13.8. The van der Waals surface area contributed by atoms with Gasteiger partial charge in [0, 0.05) is 19.2 Å². The lowest BCUT2D eigenvalue weighted by Gasteiger charge is -2.33. The van der Waals surface area contributed by atoms with Gasteiger partial charge in [-0.15, -0.1) is 0 Å². The Labute approximate surface area is 252 Å². The summed E-state index contributed by atoms with van der Waals surface area (Å²) < 4.78 is 58.8. The van der Waals surface area contributed by atoms with Crippen molar-refractivity contribution in [3.63, 3.8) is 0 Å². The molecule has 0 spiro atoms. The van der Waals surface area contributed by atoms with Crippen molar-refractivity contribution in [1.82, 2.24) is 10.2 Å². The molecular weight excluding hydrogens is 577 g/mol. The molecule has 0 saturated heterocycles. The van der Waals surface area contributed by atoms with Crippen LogP contribution in [0.25, 0.3) is 0 Å². The van der Waals surface area contributed by atoms with E-state index in [2.05, 4.69) is 5.32 Å². The average molecular weight is 616 g/mol. The number of anilines is 1. The number of rotatable bonds is 15. The monoisotopic (exact) mass is 615 g/mol. The Hall–Kier alpha value is -4.32. The first-order chi connectivity index (χ1) is 20.6. The molecule has 1 N–H and O–H groups in total. The van der Waals surface area contributed by atoms with Gasteiger partial charge in [0.2, 0.25) is 11.8 Å². The summed E-state index contributed by atoms with van der Waals surface area (Å²) in [6.07, 6.45) is 0.984. The van der Waals surface area contributed by atoms with E-state index in [1.165, 1.54) is 56.6 Å². The van der Waals surface area contributed by atoms with Crippen LogP contribution >= 0.6 is 0 Å². The van der Waals surface area contributed by atoms with Gasteiger partial charge in [-0.05, 0) is 66.9 Å². The Balaban J connectivity index is 2.09. The fourth-order valence-electron chi connectivity index (χ4n) is 4.49. The van der Waals surface area contributed by atoms with Gasteiger partial charge < -0.3 is 24.4 Å². The van der Waals surface area contributed by atoms with Gasteiger partial charge in [-0.25, -0.2) is 12.8 Å². The minimum absolute atomic E-state index is 0.0156. The van der Waals surface area contributed by atoms with E-state index in [9.17, 15) is 22.4 Å². The van der Waals surface area contributed by atoms with E-state index in [4.69, 9.17) is 14.2 Å². The molecule has 3 aromatic carbocycles. The number of sulfonamides is 1. The number of amides is 2. The molecule has 0 saturated carbocycles. The molecule has 3 aromatic rings. The first-order valence-corrected chi connectivity index (χ1v) is 15.2. The Bertz CT molecular complexity index is 1500. The van der Waals surface area contributed by atoms with Gasteiger partial charge in [-0.1, -0.05) is 26.0 Å². The van der Waals surface area contributed by atoms with E-state index >= 15 is 0 Å². The molecule has 0 aliphatic heterocycles. The first kappa shape index (κ1) is 33.2. The molecule has 0 fully saturated rings. The zero-order chi connectivity index (χ0) is 31.6. The number of carbonyl (C=O) groups is 2. The van der Waals surface area contributed by atoms with E-state index in [-0.39, 0.29) is 35.2 Å². The topological polar surface area (TPSA) is 114 Å². The highest BCUT2D eigenvalue weighted by molar-refractivity contribution is 7.92. The molecule has 12 heteroatoms. The molecule has 0 aliphatic rings. The summed E-state index contributed by atoms with van der Waals surface area (Å²) in [7, 11) is -0.0744. The minimum Gasteiger partial charge on any atom is -0.497 e. The third-order valence-electron chi connectivity index (χ3n) is 6.76. The second-order valence-electron chi connectivity index (χ2n) is 9.59. The second-order valence-corrected chi connectivity index (χ2v) is 11.5. The summed E-state index contributed by atoms with van der Waals surface area (Å²) in [6, 6.07) is 15.0. The maximum atomic E-state index is 14.1. The molecule has 0 aromatic heterocycles. The van der Waals surface area contributed by atoms with Crippen molar-refractivity contribution in [3.05, 3.63) is 78.1 Å². The van der Waals surface area contributed by atoms with Crippen LogP contribution in [-0.2, 0) is 26.2 Å². The van der Waals surface area contributed by atoms with Crippen molar-refractivity contribution < 1.29 is 36.6 Å². The number of hydrogen-bond acceptors (Lipinski definition) is 7. The Morgan fingerprint density at radius 2 is 1.60 bits per heavy atom. The summed E-state index contributed by atoms with van der Waals surface area (Å²) in [6.45, 7) is 3.47. The van der Waals surface area contributed by atoms with Crippen LogP contribution in [0.4, 0.5) is 10.1 Å². The lowest BCUT2D eigenvalue weighted by Crippen LogP contribution is -2.52. The quantitative estimate of drug-likeness (QED) is 0.270. The molecule has 2 amide bonds. The molecule has 3 rings (SSSR count). The van der Waals surface area contributed by atoms with Crippen LogP contribution in [0.1, 0.15) is 32.3 Å². The number of carbonyl (C=O) groups excluding carboxylic acids is 2. The zero-order valence-corrected chi connectivity index (χ0v) is 25.8. The zero-order valence-electron chi connectivity index (χ0n) is 25.0. The maximum Gasteiger partial charge on any atom is 0.264 e. The van der Waals surface area contributed by atoms with Gasteiger partial charge in [0.15, 0.2) is 11.5 Å². The Morgan fingerprint density at radius 1 is 0.907 bits per heavy atom. The predicted octanol–water partition coefficient (Wildman–Crippen LogP) is 4.38. The average Bonchev–Trinajstić information content (AvgIpc) is 3.02. The SMILES string of the molecule is CCCNC(=O)C(CC)N(Cc1cccc(OC)c1)C(=O)CN(c1ccc(F)cc1)S(=O)(=O)c1ccc(OC)c(OC)c1. The molecule has 0 heterocycles. The second kappa shape index (κ2) is 15.2. The van der Waals surface area contributed by atoms with Gasteiger partial charge in [0.1, 0.15) is 24.2 Å². The Morgan fingerprint density at radius 3 is 2.21 bits per heavy atom. The molecule has 1 atom stereocenters. The van der Waals surface area contributed by atoms with E-state index in [0.29, 0.717) is 30.0 Å². The van der Waals surface area contributed by atoms with Gasteiger partial charge in [-0.2, -0.15) is 0 Å². The van der Waals surface area contributed by atoms with Crippen LogP contribution < -0.4 is 23.8 Å². The molecule has 232 valence electrons. The van der Waals surface area contributed by atoms with Crippen molar-refractivity contribution in [3.8, 4) is 17.2 Å². The maximum absolute atomic E-state index is 14.1. The molecule has 0 bridgehead atoms. The van der Waals surface area contributed by atoms with Gasteiger partial charge in [0.25, 0.3) is 10.0 Å². The third kappa shape index (κ3) is 8.16. The fourth-order valence-corrected chi connectivity index (χ4v) is 5.92. The number of methoxy groups -OCH3 is 3. The number of nitrogens with zero attached hydrogens (tertiary/aromatic N) is 2.